The number of nitrogens with two attached hydrogens (primary N) is 1. The SMILES string of the molecule is CC[C@H]1Cc2ccc(C(F)(F)F)cc2S(=O)(=O)N(Cc2cc([C@@H](c3ccc4c(nnn4CC)c3C)C(C)(C)C(C(N)=O)c3nn[nH]n3)ccc2C)C1. The Balaban J connectivity index is 1.50. The molecule has 1 aliphatic rings. The number of rotatable bonds is 10. The van der Waals surface area contributed by atoms with Crippen LogP contribution in [0, 0.1) is 25.2 Å². The number of primary amides is 1. The van der Waals surface area contributed by atoms with Gasteiger partial charge in [-0.05, 0) is 90.1 Å². The van der Waals surface area contributed by atoms with Gasteiger partial charge in [-0.25, -0.2) is 13.1 Å². The fourth-order valence-electron chi connectivity index (χ4n) is 7.72. The van der Waals surface area contributed by atoms with Crippen molar-refractivity contribution in [2.24, 2.45) is 17.1 Å². The first-order chi connectivity index (χ1) is 24.5. The Morgan fingerprint density at radius 1 is 1.06 bits per heavy atom. The van der Waals surface area contributed by atoms with E-state index < -0.39 is 44.9 Å². The Bertz CT molecular complexity index is 2230. The van der Waals surface area contributed by atoms with Crippen LogP contribution in [0.5, 0.6) is 0 Å². The summed E-state index contributed by atoms with van der Waals surface area (Å²) in [4.78, 5) is 12.9. The number of aromatic nitrogens is 7. The van der Waals surface area contributed by atoms with Crippen LogP contribution in [-0.4, -0.2) is 60.8 Å². The molecule has 0 saturated heterocycles. The minimum absolute atomic E-state index is 0.0751. The average Bonchev–Trinajstić information content (AvgIpc) is 3.74. The number of halogens is 3. The molecule has 3 N–H and O–H groups in total. The maximum atomic E-state index is 14.2. The summed E-state index contributed by atoms with van der Waals surface area (Å²) in [5.74, 6) is -2.18. The number of hydrogen-bond donors (Lipinski definition) is 2. The lowest BCUT2D eigenvalue weighted by Crippen LogP contribution is -2.39. The molecule has 5 aromatic rings. The summed E-state index contributed by atoms with van der Waals surface area (Å²) < 4.78 is 72.9. The van der Waals surface area contributed by atoms with Crippen molar-refractivity contribution in [1.82, 2.24) is 39.9 Å². The number of fused-ring (bicyclic) bond motifs is 2. The van der Waals surface area contributed by atoms with E-state index in [1.165, 1.54) is 10.4 Å². The highest BCUT2D eigenvalue weighted by Gasteiger charge is 2.46. The minimum atomic E-state index is -4.70. The molecule has 1 aliphatic heterocycles. The van der Waals surface area contributed by atoms with Gasteiger partial charge in [0, 0.05) is 25.6 Å². The topological polar surface area (TPSA) is 166 Å². The Morgan fingerprint density at radius 3 is 2.44 bits per heavy atom. The zero-order valence-electron chi connectivity index (χ0n) is 29.9. The lowest BCUT2D eigenvalue weighted by Gasteiger charge is -2.40. The molecule has 3 heterocycles. The maximum Gasteiger partial charge on any atom is 0.416 e. The second-order valence-electron chi connectivity index (χ2n) is 14.2. The zero-order chi connectivity index (χ0) is 37.7. The fourth-order valence-corrected chi connectivity index (χ4v) is 9.47. The molecular formula is C36H42F3N9O3S. The largest absolute Gasteiger partial charge is 0.416 e. The average molecular weight is 738 g/mol. The van der Waals surface area contributed by atoms with Crippen molar-refractivity contribution in [2.45, 2.75) is 90.4 Å². The van der Waals surface area contributed by atoms with E-state index in [4.69, 9.17) is 5.73 Å². The Kier molecular flexibility index (Phi) is 9.76. The van der Waals surface area contributed by atoms with Crippen LogP contribution in [0.1, 0.15) is 90.7 Å². The predicted octanol–water partition coefficient (Wildman–Crippen LogP) is 5.80. The number of aromatic amines is 1. The molecule has 1 amide bonds. The molecule has 276 valence electrons. The van der Waals surface area contributed by atoms with Crippen molar-refractivity contribution in [3.63, 3.8) is 0 Å². The fraction of sp³-hybridized carbons (Fsp3) is 0.444. The van der Waals surface area contributed by atoms with E-state index in [1.807, 2.05) is 71.9 Å². The summed E-state index contributed by atoms with van der Waals surface area (Å²) in [5, 5.41) is 23.1. The van der Waals surface area contributed by atoms with Gasteiger partial charge in [0.15, 0.2) is 5.82 Å². The molecule has 0 bridgehead atoms. The number of sulfonamides is 1. The monoisotopic (exact) mass is 737 g/mol. The number of nitrogens with one attached hydrogen (secondary N) is 1. The van der Waals surface area contributed by atoms with Gasteiger partial charge in [-0.3, -0.25) is 4.79 Å². The number of carbonyl (C=O) groups is 1. The number of nitrogens with zero attached hydrogens (tertiary/aromatic N) is 7. The number of H-pyrrole nitrogens is 1. The van der Waals surface area contributed by atoms with E-state index in [2.05, 4.69) is 30.9 Å². The molecule has 2 aromatic heterocycles. The molecule has 0 fully saturated rings. The van der Waals surface area contributed by atoms with E-state index in [0.29, 0.717) is 36.0 Å². The second-order valence-corrected chi connectivity index (χ2v) is 16.1. The van der Waals surface area contributed by atoms with Crippen LogP contribution in [-0.2, 0) is 40.5 Å². The molecule has 6 rings (SSSR count). The Hall–Kier alpha value is -4.70. The van der Waals surface area contributed by atoms with Crippen LogP contribution in [0.25, 0.3) is 11.0 Å². The van der Waals surface area contributed by atoms with Crippen LogP contribution in [0.3, 0.4) is 0 Å². The van der Waals surface area contributed by atoms with E-state index >= 15 is 0 Å². The van der Waals surface area contributed by atoms with Crippen molar-refractivity contribution in [3.8, 4) is 0 Å². The third kappa shape index (κ3) is 6.57. The van der Waals surface area contributed by atoms with Gasteiger partial charge < -0.3 is 5.73 Å². The molecule has 3 aromatic carbocycles. The van der Waals surface area contributed by atoms with Gasteiger partial charge in [0.25, 0.3) is 0 Å². The van der Waals surface area contributed by atoms with E-state index in [9.17, 15) is 26.4 Å². The molecule has 3 atom stereocenters. The molecule has 52 heavy (non-hydrogen) atoms. The van der Waals surface area contributed by atoms with Crippen molar-refractivity contribution in [2.75, 3.05) is 6.54 Å². The molecule has 0 aliphatic carbocycles. The quantitative estimate of drug-likeness (QED) is 0.182. The van der Waals surface area contributed by atoms with Crippen molar-refractivity contribution in [1.29, 1.82) is 0 Å². The van der Waals surface area contributed by atoms with E-state index in [1.54, 1.807) is 4.68 Å². The number of alkyl halides is 3. The number of carbonyl (C=O) groups excluding carboxylic acids is 1. The van der Waals surface area contributed by atoms with Gasteiger partial charge in [-0.1, -0.05) is 68.0 Å². The Labute approximate surface area is 300 Å². The van der Waals surface area contributed by atoms with Crippen LogP contribution < -0.4 is 5.73 Å². The molecule has 1 unspecified atom stereocenters. The first kappa shape index (κ1) is 37.1. The number of hydrogen-bond acceptors (Lipinski definition) is 8. The molecule has 0 spiro atoms. The highest BCUT2D eigenvalue weighted by atomic mass is 32.2. The van der Waals surface area contributed by atoms with Gasteiger partial charge in [0.05, 0.1) is 16.0 Å². The highest BCUT2D eigenvalue weighted by molar-refractivity contribution is 7.89. The lowest BCUT2D eigenvalue weighted by molar-refractivity contribution is -0.137. The summed E-state index contributed by atoms with van der Waals surface area (Å²) in [6.07, 6.45) is -3.73. The number of tetrazole rings is 1. The predicted molar refractivity (Wildman–Crippen MR) is 187 cm³/mol. The van der Waals surface area contributed by atoms with Crippen LogP contribution in [0.2, 0.25) is 0 Å². The number of benzene rings is 3. The normalized spacial score (nSPS) is 17.8. The van der Waals surface area contributed by atoms with Crippen molar-refractivity contribution in [3.05, 3.63) is 93.3 Å². The van der Waals surface area contributed by atoms with Crippen LogP contribution in [0.4, 0.5) is 13.2 Å². The Morgan fingerprint density at radius 2 is 1.81 bits per heavy atom. The smallest absolute Gasteiger partial charge is 0.369 e. The maximum absolute atomic E-state index is 14.2. The van der Waals surface area contributed by atoms with E-state index in [-0.39, 0.29) is 29.7 Å². The van der Waals surface area contributed by atoms with Gasteiger partial charge in [-0.15, -0.1) is 15.3 Å². The second kappa shape index (κ2) is 13.7. The summed E-state index contributed by atoms with van der Waals surface area (Å²) in [6, 6.07) is 12.6. The van der Waals surface area contributed by atoms with Gasteiger partial charge >= 0.3 is 6.18 Å². The highest BCUT2D eigenvalue weighted by Crippen LogP contribution is 2.51. The third-order valence-corrected chi connectivity index (χ3v) is 12.5. The number of amides is 1. The van der Waals surface area contributed by atoms with Gasteiger partial charge in [0.1, 0.15) is 11.4 Å². The first-order valence-electron chi connectivity index (χ1n) is 17.1. The summed E-state index contributed by atoms with van der Waals surface area (Å²) in [7, 11) is -4.33. The minimum Gasteiger partial charge on any atom is -0.369 e. The lowest BCUT2D eigenvalue weighted by atomic mass is 9.63. The van der Waals surface area contributed by atoms with Crippen LogP contribution >= 0.6 is 0 Å². The summed E-state index contributed by atoms with van der Waals surface area (Å²) in [6.45, 7) is 12.2. The molecular weight excluding hydrogens is 696 g/mol. The van der Waals surface area contributed by atoms with Crippen LogP contribution in [0.15, 0.2) is 53.4 Å². The van der Waals surface area contributed by atoms with E-state index in [0.717, 1.165) is 39.9 Å². The molecule has 0 saturated carbocycles. The van der Waals surface area contributed by atoms with Crippen molar-refractivity contribution >= 4 is 27.0 Å². The zero-order valence-corrected chi connectivity index (χ0v) is 30.7. The number of aryl methyl sites for hydroxylation is 3. The van der Waals surface area contributed by atoms with Gasteiger partial charge in [-0.2, -0.15) is 22.7 Å². The third-order valence-electron chi connectivity index (χ3n) is 10.6. The standard InChI is InChI=1S/C36H42F3N9O3S/c1-7-22-15-23-11-12-26(36(37,38)39)17-29(23)52(50,51)47(18-22)19-25-16-24(10-9-20(25)3)30(35(5,6)31(33(40)49)34-42-44-45-43-34)27-13-14-28-32(21(27)4)41-46-48(28)8-2/h9-14,16-17,22,30-31H,7-8,15,18-19H2,1-6H3,(H2,40,49)(H,42,43,44,45)/t22-,30-,31?/m0/s1. The molecule has 16 heteroatoms. The molecule has 0 radical (unpaired) electrons. The molecule has 12 nitrogen and oxygen atoms in total. The first-order valence-corrected chi connectivity index (χ1v) is 18.6. The van der Waals surface area contributed by atoms with Gasteiger partial charge in [0.2, 0.25) is 15.9 Å². The summed E-state index contributed by atoms with van der Waals surface area (Å²) in [5.41, 5.74) is 9.86. The van der Waals surface area contributed by atoms with Crippen molar-refractivity contribution < 1.29 is 26.4 Å². The summed E-state index contributed by atoms with van der Waals surface area (Å²) >= 11 is 0.